The molecule has 18 heavy (non-hydrogen) atoms. The molecule has 0 aliphatic carbocycles. The topological polar surface area (TPSA) is 55.5 Å². The third-order valence-corrected chi connectivity index (χ3v) is 3.21. The zero-order valence-corrected chi connectivity index (χ0v) is 11.3. The van der Waals surface area contributed by atoms with E-state index in [-0.39, 0.29) is 6.54 Å². The molecule has 0 heterocycles. The Hall–Kier alpha value is -1.36. The summed E-state index contributed by atoms with van der Waals surface area (Å²) in [4.78, 5) is 0. The average molecular weight is 308 g/mol. The molecular formula is C14H14BrNO2. The van der Waals surface area contributed by atoms with Gasteiger partial charge in [-0.1, -0.05) is 24.3 Å². The second kappa shape index (κ2) is 6.00. The number of ether oxygens (including phenoxy) is 1. The van der Waals surface area contributed by atoms with E-state index in [9.17, 15) is 5.11 Å². The van der Waals surface area contributed by atoms with Crippen molar-refractivity contribution in [2.24, 2.45) is 5.73 Å². The van der Waals surface area contributed by atoms with Gasteiger partial charge < -0.3 is 15.6 Å². The summed E-state index contributed by atoms with van der Waals surface area (Å²) >= 11 is 3.42. The maximum absolute atomic E-state index is 9.58. The number of para-hydroxylation sites is 1. The van der Waals surface area contributed by atoms with Crippen molar-refractivity contribution >= 4 is 15.9 Å². The fraction of sp³-hybridized carbons (Fsp3) is 0.143. The van der Waals surface area contributed by atoms with E-state index in [1.54, 1.807) is 0 Å². The van der Waals surface area contributed by atoms with Crippen molar-refractivity contribution < 1.29 is 9.84 Å². The fourth-order valence-corrected chi connectivity index (χ4v) is 1.91. The molecule has 0 aliphatic rings. The molecule has 4 heteroatoms. The molecule has 0 fully saturated rings. The quantitative estimate of drug-likeness (QED) is 0.912. The van der Waals surface area contributed by atoms with Crippen LogP contribution in [0.15, 0.2) is 53.0 Å². The first-order valence-corrected chi connectivity index (χ1v) is 6.40. The maximum Gasteiger partial charge on any atom is 0.141 e. The number of aliphatic hydroxyl groups is 1. The molecule has 1 atom stereocenters. The van der Waals surface area contributed by atoms with Gasteiger partial charge in [-0.2, -0.15) is 0 Å². The van der Waals surface area contributed by atoms with Crippen LogP contribution in [0.1, 0.15) is 11.7 Å². The van der Waals surface area contributed by atoms with E-state index in [1.807, 2.05) is 48.5 Å². The largest absolute Gasteiger partial charge is 0.456 e. The number of halogens is 1. The molecule has 2 aromatic rings. The van der Waals surface area contributed by atoms with Gasteiger partial charge in [0, 0.05) is 6.54 Å². The second-order valence-corrected chi connectivity index (χ2v) is 4.71. The van der Waals surface area contributed by atoms with Crippen LogP contribution in [0.2, 0.25) is 0 Å². The summed E-state index contributed by atoms with van der Waals surface area (Å²) in [6.45, 7) is 0.213. The van der Waals surface area contributed by atoms with Crippen LogP contribution in [0, 0.1) is 0 Å². The SMILES string of the molecule is NCC(O)c1ccc(Oc2ccccc2Br)cc1. The highest BCUT2D eigenvalue weighted by molar-refractivity contribution is 9.10. The third-order valence-electron chi connectivity index (χ3n) is 2.55. The molecule has 2 aromatic carbocycles. The van der Waals surface area contributed by atoms with Crippen molar-refractivity contribution in [1.82, 2.24) is 0 Å². The average Bonchev–Trinajstić information content (AvgIpc) is 2.41. The van der Waals surface area contributed by atoms with Crippen molar-refractivity contribution in [3.8, 4) is 11.5 Å². The van der Waals surface area contributed by atoms with E-state index >= 15 is 0 Å². The van der Waals surface area contributed by atoms with Gasteiger partial charge in [0.2, 0.25) is 0 Å². The first-order chi connectivity index (χ1) is 8.70. The lowest BCUT2D eigenvalue weighted by Crippen LogP contribution is -2.11. The van der Waals surface area contributed by atoms with Crippen LogP contribution in [-0.4, -0.2) is 11.7 Å². The summed E-state index contributed by atoms with van der Waals surface area (Å²) in [5.41, 5.74) is 6.19. The van der Waals surface area contributed by atoms with Crippen molar-refractivity contribution in [2.45, 2.75) is 6.10 Å². The molecule has 0 radical (unpaired) electrons. The minimum Gasteiger partial charge on any atom is -0.456 e. The van der Waals surface area contributed by atoms with E-state index in [0.717, 1.165) is 21.5 Å². The van der Waals surface area contributed by atoms with Crippen molar-refractivity contribution in [2.75, 3.05) is 6.54 Å². The lowest BCUT2D eigenvalue weighted by atomic mass is 10.1. The number of nitrogens with two attached hydrogens (primary N) is 1. The number of hydrogen-bond acceptors (Lipinski definition) is 3. The molecule has 0 spiro atoms. The normalized spacial score (nSPS) is 12.2. The predicted molar refractivity (Wildman–Crippen MR) is 74.7 cm³/mol. The second-order valence-electron chi connectivity index (χ2n) is 3.85. The minimum absolute atomic E-state index is 0.213. The molecule has 0 aliphatic heterocycles. The lowest BCUT2D eigenvalue weighted by molar-refractivity contribution is 0.186. The lowest BCUT2D eigenvalue weighted by Gasteiger charge is -2.10. The van der Waals surface area contributed by atoms with Crippen LogP contribution < -0.4 is 10.5 Å². The van der Waals surface area contributed by atoms with Gasteiger partial charge in [0.1, 0.15) is 11.5 Å². The Kier molecular flexibility index (Phi) is 4.36. The standard InChI is InChI=1S/C14H14BrNO2/c15-12-3-1-2-4-14(12)18-11-7-5-10(6-8-11)13(17)9-16/h1-8,13,17H,9,16H2. The molecule has 2 rings (SSSR count). The van der Waals surface area contributed by atoms with E-state index in [2.05, 4.69) is 15.9 Å². The third kappa shape index (κ3) is 3.10. The van der Waals surface area contributed by atoms with Crippen LogP contribution in [-0.2, 0) is 0 Å². The zero-order chi connectivity index (χ0) is 13.0. The molecule has 0 saturated carbocycles. The summed E-state index contributed by atoms with van der Waals surface area (Å²) in [6, 6.07) is 14.9. The predicted octanol–water partition coefficient (Wildman–Crippen LogP) is 3.23. The van der Waals surface area contributed by atoms with Gasteiger partial charge in [-0.25, -0.2) is 0 Å². The van der Waals surface area contributed by atoms with Gasteiger partial charge in [-0.05, 0) is 45.8 Å². The molecule has 0 bridgehead atoms. The van der Waals surface area contributed by atoms with Crippen LogP contribution in [0.25, 0.3) is 0 Å². The maximum atomic E-state index is 9.58. The van der Waals surface area contributed by atoms with Gasteiger partial charge in [0.15, 0.2) is 0 Å². The van der Waals surface area contributed by atoms with Gasteiger partial charge in [-0.3, -0.25) is 0 Å². The Morgan fingerprint density at radius 3 is 2.39 bits per heavy atom. The number of hydrogen-bond donors (Lipinski definition) is 2. The van der Waals surface area contributed by atoms with Crippen LogP contribution in [0.3, 0.4) is 0 Å². The minimum atomic E-state index is -0.623. The van der Waals surface area contributed by atoms with Crippen LogP contribution in [0.5, 0.6) is 11.5 Å². The van der Waals surface area contributed by atoms with E-state index < -0.39 is 6.10 Å². The van der Waals surface area contributed by atoms with Crippen LogP contribution >= 0.6 is 15.9 Å². The highest BCUT2D eigenvalue weighted by atomic mass is 79.9. The Bertz CT molecular complexity index is 513. The van der Waals surface area contributed by atoms with E-state index in [4.69, 9.17) is 10.5 Å². The number of aliphatic hydroxyl groups excluding tert-OH is 1. The summed E-state index contributed by atoms with van der Waals surface area (Å²) < 4.78 is 6.62. The molecular weight excluding hydrogens is 294 g/mol. The number of rotatable bonds is 4. The van der Waals surface area contributed by atoms with Gasteiger partial charge in [0.25, 0.3) is 0 Å². The van der Waals surface area contributed by atoms with Gasteiger partial charge in [-0.15, -0.1) is 0 Å². The molecule has 0 saturated heterocycles. The molecule has 1 unspecified atom stereocenters. The van der Waals surface area contributed by atoms with Crippen molar-refractivity contribution in [3.05, 3.63) is 58.6 Å². The van der Waals surface area contributed by atoms with E-state index in [1.165, 1.54) is 0 Å². The molecule has 0 aromatic heterocycles. The summed E-state index contributed by atoms with van der Waals surface area (Å²) in [6.07, 6.45) is -0.623. The van der Waals surface area contributed by atoms with Crippen molar-refractivity contribution in [1.29, 1.82) is 0 Å². The highest BCUT2D eigenvalue weighted by Crippen LogP contribution is 2.29. The Morgan fingerprint density at radius 1 is 1.11 bits per heavy atom. The van der Waals surface area contributed by atoms with Gasteiger partial charge in [0.05, 0.1) is 10.6 Å². The summed E-state index contributed by atoms with van der Waals surface area (Å²) in [5.74, 6) is 1.47. The van der Waals surface area contributed by atoms with E-state index in [0.29, 0.717) is 0 Å². The molecule has 3 N–H and O–H groups in total. The molecule has 0 amide bonds. The molecule has 94 valence electrons. The first-order valence-electron chi connectivity index (χ1n) is 5.61. The monoisotopic (exact) mass is 307 g/mol. The van der Waals surface area contributed by atoms with Crippen LogP contribution in [0.4, 0.5) is 0 Å². The number of benzene rings is 2. The molecule has 3 nitrogen and oxygen atoms in total. The first kappa shape index (κ1) is 13.1. The van der Waals surface area contributed by atoms with Crippen molar-refractivity contribution in [3.63, 3.8) is 0 Å². The zero-order valence-electron chi connectivity index (χ0n) is 9.71. The summed E-state index contributed by atoms with van der Waals surface area (Å²) in [5, 5.41) is 9.58. The summed E-state index contributed by atoms with van der Waals surface area (Å²) in [7, 11) is 0. The smallest absolute Gasteiger partial charge is 0.141 e. The van der Waals surface area contributed by atoms with Gasteiger partial charge >= 0.3 is 0 Å². The fourth-order valence-electron chi connectivity index (χ4n) is 1.55. The Morgan fingerprint density at radius 2 is 1.78 bits per heavy atom. The highest BCUT2D eigenvalue weighted by Gasteiger charge is 2.06. The Labute approximate surface area is 114 Å². The Balaban J connectivity index is 2.14.